The van der Waals surface area contributed by atoms with Crippen LogP contribution in [-0.2, 0) is 32.1 Å². The SMILES string of the molecule is NCc1ccc(O)c2c1CC1CC3CC(=O)C(C(N)=O)C(=O)[C@@]3(O)C(=O)C1C2=O. The van der Waals surface area contributed by atoms with Crippen LogP contribution in [0.1, 0.15) is 34.3 Å². The normalized spacial score (nSPS) is 33.7. The van der Waals surface area contributed by atoms with Gasteiger partial charge in [0, 0.05) is 18.9 Å². The standard InChI is InChI=1S/C20H20N2O7/c21-6-7-1-2-11(23)14-10(7)4-8-3-9-5-12(24)15(19(22)28)18(27)20(9,29)17(26)13(8)16(14)25/h1-2,8-9,13,15,23,29H,3-6,21H2,(H2,22,28)/t8?,9?,13?,15?,20-/m0/s1. The van der Waals surface area contributed by atoms with Crippen molar-refractivity contribution in [2.75, 3.05) is 0 Å². The molecule has 1 aromatic rings. The zero-order valence-corrected chi connectivity index (χ0v) is 15.4. The van der Waals surface area contributed by atoms with Gasteiger partial charge in [-0.1, -0.05) is 6.07 Å². The Morgan fingerprint density at radius 1 is 1.14 bits per heavy atom. The lowest BCUT2D eigenvalue weighted by Gasteiger charge is -2.48. The minimum atomic E-state index is -2.62. The molecule has 1 amide bonds. The molecule has 2 saturated carbocycles. The van der Waals surface area contributed by atoms with Gasteiger partial charge in [-0.3, -0.25) is 24.0 Å². The smallest absolute Gasteiger partial charge is 0.235 e. The molecule has 0 radical (unpaired) electrons. The highest BCUT2D eigenvalue weighted by Gasteiger charge is 2.66. The van der Waals surface area contributed by atoms with Crippen molar-refractivity contribution in [3.05, 3.63) is 28.8 Å². The Morgan fingerprint density at radius 3 is 2.45 bits per heavy atom. The Kier molecular flexibility index (Phi) is 4.21. The molecule has 1 aromatic carbocycles. The monoisotopic (exact) mass is 400 g/mol. The maximum Gasteiger partial charge on any atom is 0.235 e. The second-order valence-electron chi connectivity index (χ2n) is 8.04. The summed E-state index contributed by atoms with van der Waals surface area (Å²) in [4.78, 5) is 63.0. The Hall–Kier alpha value is -2.91. The van der Waals surface area contributed by atoms with Crippen LogP contribution in [0.25, 0.3) is 0 Å². The number of carbonyl (C=O) groups excluding carboxylic acids is 5. The first-order valence-corrected chi connectivity index (χ1v) is 9.33. The van der Waals surface area contributed by atoms with Crippen molar-refractivity contribution in [3.8, 4) is 5.75 Å². The number of aromatic hydroxyl groups is 1. The summed E-state index contributed by atoms with van der Waals surface area (Å²) in [6.07, 6.45) is -0.0387. The number of primary amides is 1. The molecule has 4 unspecified atom stereocenters. The highest BCUT2D eigenvalue weighted by atomic mass is 16.3. The topological polar surface area (TPSA) is 178 Å². The van der Waals surface area contributed by atoms with E-state index < -0.39 is 58.3 Å². The van der Waals surface area contributed by atoms with Gasteiger partial charge in [0.15, 0.2) is 34.7 Å². The van der Waals surface area contributed by atoms with Crippen LogP contribution >= 0.6 is 0 Å². The van der Waals surface area contributed by atoms with Crippen LogP contribution in [0.5, 0.6) is 5.75 Å². The predicted molar refractivity (Wildman–Crippen MR) is 96.4 cm³/mol. The molecule has 3 aliphatic rings. The molecule has 2 fully saturated rings. The molecule has 0 aromatic heterocycles. The third-order valence-electron chi connectivity index (χ3n) is 6.60. The van der Waals surface area contributed by atoms with Crippen molar-refractivity contribution in [1.82, 2.24) is 0 Å². The first-order valence-electron chi connectivity index (χ1n) is 9.33. The number of ketones is 4. The molecule has 6 N–H and O–H groups in total. The molecule has 9 nitrogen and oxygen atoms in total. The van der Waals surface area contributed by atoms with Gasteiger partial charge in [-0.25, -0.2) is 0 Å². The number of hydrogen-bond acceptors (Lipinski definition) is 8. The molecular formula is C20H20N2O7. The Labute approximate surface area is 165 Å². The van der Waals surface area contributed by atoms with Crippen molar-refractivity contribution >= 4 is 29.0 Å². The van der Waals surface area contributed by atoms with Crippen LogP contribution in [-0.4, -0.2) is 44.9 Å². The zero-order chi connectivity index (χ0) is 21.2. The predicted octanol–water partition coefficient (Wildman–Crippen LogP) is -1.21. The molecule has 0 spiro atoms. The van der Waals surface area contributed by atoms with Gasteiger partial charge >= 0.3 is 0 Å². The minimum absolute atomic E-state index is 0.0320. The molecule has 0 aliphatic heterocycles. The third-order valence-corrected chi connectivity index (χ3v) is 6.60. The van der Waals surface area contributed by atoms with Crippen molar-refractivity contribution in [3.63, 3.8) is 0 Å². The van der Waals surface area contributed by atoms with Crippen LogP contribution in [0.15, 0.2) is 12.1 Å². The third kappa shape index (κ3) is 2.44. The van der Waals surface area contributed by atoms with E-state index in [1.807, 2.05) is 0 Å². The quantitative estimate of drug-likeness (QED) is 0.446. The summed E-state index contributed by atoms with van der Waals surface area (Å²) in [5.74, 6) is -10.1. The largest absolute Gasteiger partial charge is 0.507 e. The van der Waals surface area contributed by atoms with E-state index in [1.54, 1.807) is 6.07 Å². The van der Waals surface area contributed by atoms with Crippen molar-refractivity contribution < 1.29 is 34.2 Å². The van der Waals surface area contributed by atoms with E-state index in [4.69, 9.17) is 11.5 Å². The van der Waals surface area contributed by atoms with Gasteiger partial charge in [-0.15, -0.1) is 0 Å². The number of phenols is 1. The van der Waals surface area contributed by atoms with Crippen molar-refractivity contribution in [2.24, 2.45) is 35.1 Å². The summed E-state index contributed by atoms with van der Waals surface area (Å²) in [7, 11) is 0. The number of phenolic OH excluding ortho intramolecular Hbond substituents is 1. The number of amides is 1. The second-order valence-corrected chi connectivity index (χ2v) is 8.04. The van der Waals surface area contributed by atoms with Gasteiger partial charge in [0.1, 0.15) is 5.75 Å². The average Bonchev–Trinajstić information content (AvgIpc) is 2.64. The number of rotatable bonds is 2. The molecule has 3 aliphatic carbocycles. The molecule has 152 valence electrons. The number of hydrogen-bond donors (Lipinski definition) is 4. The zero-order valence-electron chi connectivity index (χ0n) is 15.4. The molecule has 5 atom stereocenters. The van der Waals surface area contributed by atoms with Gasteiger partial charge in [0.05, 0.1) is 11.5 Å². The number of nitrogens with two attached hydrogens (primary N) is 2. The Bertz CT molecular complexity index is 1000. The van der Waals surface area contributed by atoms with Gasteiger partial charge in [0.2, 0.25) is 5.91 Å². The lowest BCUT2D eigenvalue weighted by atomic mass is 9.53. The molecule has 0 bridgehead atoms. The van der Waals surface area contributed by atoms with Gasteiger partial charge in [-0.2, -0.15) is 0 Å². The number of carbonyl (C=O) groups is 5. The maximum atomic E-state index is 13.2. The fraction of sp³-hybridized carbons (Fsp3) is 0.450. The van der Waals surface area contributed by atoms with Crippen LogP contribution in [0, 0.1) is 23.7 Å². The molecule has 0 heterocycles. The lowest BCUT2D eigenvalue weighted by Crippen LogP contribution is -2.68. The van der Waals surface area contributed by atoms with E-state index in [-0.39, 0.29) is 37.1 Å². The van der Waals surface area contributed by atoms with E-state index in [0.717, 1.165) is 0 Å². The van der Waals surface area contributed by atoms with E-state index >= 15 is 0 Å². The van der Waals surface area contributed by atoms with Gasteiger partial charge in [-0.05, 0) is 36.0 Å². The second kappa shape index (κ2) is 6.30. The number of benzene rings is 1. The average molecular weight is 400 g/mol. The summed E-state index contributed by atoms with van der Waals surface area (Å²) >= 11 is 0. The van der Waals surface area contributed by atoms with E-state index in [2.05, 4.69) is 0 Å². The lowest BCUT2D eigenvalue weighted by molar-refractivity contribution is -0.175. The highest BCUT2D eigenvalue weighted by molar-refractivity contribution is 6.31. The van der Waals surface area contributed by atoms with Crippen LogP contribution in [0.3, 0.4) is 0 Å². The first-order chi connectivity index (χ1) is 13.6. The van der Waals surface area contributed by atoms with E-state index in [0.29, 0.717) is 11.1 Å². The number of aliphatic hydroxyl groups is 1. The molecule has 4 rings (SSSR count). The fourth-order valence-corrected chi connectivity index (χ4v) is 5.22. The van der Waals surface area contributed by atoms with Crippen LogP contribution < -0.4 is 11.5 Å². The summed E-state index contributed by atoms with van der Waals surface area (Å²) in [6, 6.07) is 2.92. The molecule has 29 heavy (non-hydrogen) atoms. The summed E-state index contributed by atoms with van der Waals surface area (Å²) < 4.78 is 0. The Morgan fingerprint density at radius 2 is 1.83 bits per heavy atom. The Balaban J connectivity index is 1.82. The fourth-order valence-electron chi connectivity index (χ4n) is 5.22. The molecular weight excluding hydrogens is 380 g/mol. The highest BCUT2D eigenvalue weighted by Crippen LogP contribution is 2.50. The van der Waals surface area contributed by atoms with Gasteiger partial charge < -0.3 is 21.7 Å². The maximum absolute atomic E-state index is 13.2. The van der Waals surface area contributed by atoms with E-state index in [9.17, 15) is 34.2 Å². The van der Waals surface area contributed by atoms with Crippen LogP contribution in [0.4, 0.5) is 0 Å². The number of Topliss-reactive ketones (excluding diaryl/α,β-unsaturated/α-hetero) is 4. The van der Waals surface area contributed by atoms with Crippen LogP contribution in [0.2, 0.25) is 0 Å². The number of fused-ring (bicyclic) bond motifs is 3. The van der Waals surface area contributed by atoms with E-state index in [1.165, 1.54) is 6.07 Å². The first kappa shape index (κ1) is 19.4. The molecule has 9 heteroatoms. The summed E-state index contributed by atoms with van der Waals surface area (Å²) in [5.41, 5.74) is 9.42. The molecule has 0 saturated heterocycles. The summed E-state index contributed by atoms with van der Waals surface area (Å²) in [5, 5.41) is 21.3. The summed E-state index contributed by atoms with van der Waals surface area (Å²) in [6.45, 7) is 0.131. The minimum Gasteiger partial charge on any atom is -0.507 e. The van der Waals surface area contributed by atoms with Crippen molar-refractivity contribution in [1.29, 1.82) is 0 Å². The van der Waals surface area contributed by atoms with Gasteiger partial charge in [0.25, 0.3) is 0 Å². The van der Waals surface area contributed by atoms with Crippen molar-refractivity contribution in [2.45, 2.75) is 31.4 Å².